The molecule has 31 heavy (non-hydrogen) atoms. The van der Waals surface area contributed by atoms with Crippen LogP contribution in [-0.4, -0.2) is 83.1 Å². The molecule has 0 aliphatic carbocycles. The number of aromatic nitrogens is 2. The van der Waals surface area contributed by atoms with Gasteiger partial charge >= 0.3 is 6.09 Å². The van der Waals surface area contributed by atoms with Crippen molar-refractivity contribution in [3.05, 3.63) is 30.2 Å². The smallest absolute Gasteiger partial charge is 0.407 e. The third-order valence-corrected chi connectivity index (χ3v) is 5.95. The fourth-order valence-corrected chi connectivity index (χ4v) is 4.27. The molecule has 2 amide bonds. The summed E-state index contributed by atoms with van der Waals surface area (Å²) in [5.41, 5.74) is 6.95. The Balaban J connectivity index is 1.60. The van der Waals surface area contributed by atoms with Crippen molar-refractivity contribution in [2.75, 3.05) is 37.7 Å². The van der Waals surface area contributed by atoms with Crippen LogP contribution in [0.4, 0.5) is 10.5 Å². The molecule has 0 aromatic carbocycles. The molecular weight excluding hydrogens is 402 g/mol. The molecule has 2 aromatic rings. The van der Waals surface area contributed by atoms with Crippen LogP contribution < -0.4 is 10.6 Å². The quantitative estimate of drug-likeness (QED) is 0.731. The highest BCUT2D eigenvalue weighted by Gasteiger charge is 2.36. The Hall–Kier alpha value is -2.98. The number of nitrogens with two attached hydrogens (primary N) is 1. The van der Waals surface area contributed by atoms with Gasteiger partial charge in [0.05, 0.1) is 35.7 Å². The second-order valence-electron chi connectivity index (χ2n) is 7.93. The van der Waals surface area contributed by atoms with E-state index in [2.05, 4.69) is 14.9 Å². The van der Waals surface area contributed by atoms with Gasteiger partial charge in [0.1, 0.15) is 5.69 Å². The number of hydrogen-bond donors (Lipinski definition) is 2. The summed E-state index contributed by atoms with van der Waals surface area (Å²) in [5, 5.41) is 10.5. The van der Waals surface area contributed by atoms with E-state index in [-0.39, 0.29) is 23.9 Å². The molecule has 0 radical (unpaired) electrons. The maximum absolute atomic E-state index is 11.9. The predicted octanol–water partition coefficient (Wildman–Crippen LogP) is 1.48. The second kappa shape index (κ2) is 9.03. The SMILES string of the molecule is CC(OC1CCOCC1)C1CN(c2cncc3ccc(C(N)=O)nc23)CCN1C(=O)O. The number of carbonyl (C=O) groups excluding carboxylic acids is 1. The summed E-state index contributed by atoms with van der Waals surface area (Å²) in [7, 11) is 0. The zero-order valence-electron chi connectivity index (χ0n) is 17.4. The van der Waals surface area contributed by atoms with E-state index in [1.807, 2.05) is 6.92 Å². The summed E-state index contributed by atoms with van der Waals surface area (Å²) >= 11 is 0. The van der Waals surface area contributed by atoms with E-state index in [9.17, 15) is 14.7 Å². The maximum atomic E-state index is 11.9. The van der Waals surface area contributed by atoms with Crippen LogP contribution in [-0.2, 0) is 9.47 Å². The summed E-state index contributed by atoms with van der Waals surface area (Å²) in [6.45, 7) is 4.48. The van der Waals surface area contributed by atoms with Crippen molar-refractivity contribution in [3.63, 3.8) is 0 Å². The van der Waals surface area contributed by atoms with Gasteiger partial charge < -0.3 is 25.2 Å². The van der Waals surface area contributed by atoms with Crippen LogP contribution in [0.1, 0.15) is 30.3 Å². The summed E-state index contributed by atoms with van der Waals surface area (Å²) < 4.78 is 11.6. The number of piperazine rings is 1. The Morgan fingerprint density at radius 1 is 1.26 bits per heavy atom. The molecule has 2 aliphatic heterocycles. The fourth-order valence-electron chi connectivity index (χ4n) is 4.27. The van der Waals surface area contributed by atoms with Crippen molar-refractivity contribution < 1.29 is 24.2 Å². The van der Waals surface area contributed by atoms with Crippen LogP contribution in [0.2, 0.25) is 0 Å². The van der Waals surface area contributed by atoms with E-state index in [1.54, 1.807) is 24.5 Å². The number of amides is 2. The molecule has 2 atom stereocenters. The number of carbonyl (C=O) groups is 2. The number of ether oxygens (including phenoxy) is 2. The number of pyridine rings is 2. The van der Waals surface area contributed by atoms with Gasteiger partial charge in [0.2, 0.25) is 0 Å². The third kappa shape index (κ3) is 4.54. The molecule has 4 heterocycles. The van der Waals surface area contributed by atoms with E-state index in [0.717, 1.165) is 23.9 Å². The predicted molar refractivity (Wildman–Crippen MR) is 113 cm³/mol. The zero-order chi connectivity index (χ0) is 22.0. The van der Waals surface area contributed by atoms with E-state index >= 15 is 0 Å². The van der Waals surface area contributed by atoms with Crippen molar-refractivity contribution >= 4 is 28.6 Å². The van der Waals surface area contributed by atoms with Gasteiger partial charge in [0, 0.05) is 44.4 Å². The first-order chi connectivity index (χ1) is 14.9. The van der Waals surface area contributed by atoms with Gasteiger partial charge in [-0.3, -0.25) is 14.7 Å². The third-order valence-electron chi connectivity index (χ3n) is 5.95. The molecule has 166 valence electrons. The molecule has 2 aromatic heterocycles. The molecule has 0 spiro atoms. The highest BCUT2D eigenvalue weighted by atomic mass is 16.5. The summed E-state index contributed by atoms with van der Waals surface area (Å²) in [4.78, 5) is 35.8. The molecule has 4 rings (SSSR count). The van der Waals surface area contributed by atoms with Crippen molar-refractivity contribution in [1.29, 1.82) is 0 Å². The van der Waals surface area contributed by atoms with Crippen LogP contribution in [0.25, 0.3) is 10.9 Å². The molecule has 3 N–H and O–H groups in total. The average Bonchev–Trinajstić information content (AvgIpc) is 2.78. The number of anilines is 1. The fraction of sp³-hybridized carbons (Fsp3) is 0.524. The lowest BCUT2D eigenvalue weighted by molar-refractivity contribution is -0.0864. The van der Waals surface area contributed by atoms with Crippen LogP contribution >= 0.6 is 0 Å². The monoisotopic (exact) mass is 429 g/mol. The average molecular weight is 429 g/mol. The van der Waals surface area contributed by atoms with Crippen molar-refractivity contribution in [2.24, 2.45) is 5.73 Å². The number of fused-ring (bicyclic) bond motifs is 1. The Bertz CT molecular complexity index is 964. The molecule has 2 unspecified atom stereocenters. The summed E-state index contributed by atoms with van der Waals surface area (Å²) in [6.07, 6.45) is 3.79. The van der Waals surface area contributed by atoms with Gasteiger partial charge in [-0.2, -0.15) is 0 Å². The first kappa shape index (κ1) is 21.3. The van der Waals surface area contributed by atoms with E-state index in [0.29, 0.717) is 38.4 Å². The zero-order valence-corrected chi connectivity index (χ0v) is 17.4. The normalized spacial score (nSPS) is 21.3. The molecule has 2 saturated heterocycles. The van der Waals surface area contributed by atoms with E-state index < -0.39 is 12.0 Å². The molecule has 0 saturated carbocycles. The lowest BCUT2D eigenvalue weighted by Crippen LogP contribution is -2.59. The van der Waals surface area contributed by atoms with Crippen LogP contribution in [0.3, 0.4) is 0 Å². The largest absolute Gasteiger partial charge is 0.465 e. The van der Waals surface area contributed by atoms with Gasteiger partial charge in [0.25, 0.3) is 5.91 Å². The van der Waals surface area contributed by atoms with Crippen molar-refractivity contribution in [2.45, 2.75) is 38.0 Å². The minimum atomic E-state index is -0.961. The van der Waals surface area contributed by atoms with Gasteiger partial charge in [-0.15, -0.1) is 0 Å². The van der Waals surface area contributed by atoms with Crippen molar-refractivity contribution in [1.82, 2.24) is 14.9 Å². The lowest BCUT2D eigenvalue weighted by atomic mass is 10.0. The van der Waals surface area contributed by atoms with Gasteiger partial charge in [-0.25, -0.2) is 9.78 Å². The van der Waals surface area contributed by atoms with Crippen LogP contribution in [0, 0.1) is 0 Å². The number of carboxylic acid groups (broad SMARTS) is 1. The highest BCUT2D eigenvalue weighted by Crippen LogP contribution is 2.28. The molecule has 10 heteroatoms. The van der Waals surface area contributed by atoms with Crippen LogP contribution in [0.5, 0.6) is 0 Å². The van der Waals surface area contributed by atoms with Crippen LogP contribution in [0.15, 0.2) is 24.5 Å². The lowest BCUT2D eigenvalue weighted by Gasteiger charge is -2.44. The minimum absolute atomic E-state index is 0.0637. The van der Waals surface area contributed by atoms with Gasteiger partial charge in [-0.1, -0.05) is 0 Å². The first-order valence-corrected chi connectivity index (χ1v) is 10.5. The van der Waals surface area contributed by atoms with Gasteiger partial charge in [0.15, 0.2) is 0 Å². The molecule has 2 aliphatic rings. The Morgan fingerprint density at radius 2 is 2.03 bits per heavy atom. The number of hydrogen-bond acceptors (Lipinski definition) is 7. The number of primary amides is 1. The molecule has 10 nitrogen and oxygen atoms in total. The number of rotatable bonds is 5. The second-order valence-corrected chi connectivity index (χ2v) is 7.93. The van der Waals surface area contributed by atoms with Gasteiger partial charge in [-0.05, 0) is 31.9 Å². The Morgan fingerprint density at radius 3 is 2.74 bits per heavy atom. The standard InChI is InChI=1S/C21H27N5O5/c1-13(31-15-4-8-30-9-5-15)18-12-25(6-7-26(18)21(28)29)17-11-23-10-14-2-3-16(20(22)27)24-19(14)17/h2-3,10-11,13,15,18H,4-9,12H2,1H3,(H2,22,27)(H,28,29). The number of nitrogens with zero attached hydrogens (tertiary/aromatic N) is 4. The molecule has 0 bridgehead atoms. The molecule has 2 fully saturated rings. The maximum Gasteiger partial charge on any atom is 0.407 e. The molecular formula is C21H27N5O5. The Labute approximate surface area is 179 Å². The highest BCUT2D eigenvalue weighted by molar-refractivity contribution is 5.96. The topological polar surface area (TPSA) is 131 Å². The minimum Gasteiger partial charge on any atom is -0.465 e. The van der Waals surface area contributed by atoms with E-state index in [1.165, 1.54) is 4.90 Å². The van der Waals surface area contributed by atoms with E-state index in [4.69, 9.17) is 15.2 Å². The summed E-state index contributed by atoms with van der Waals surface area (Å²) in [5.74, 6) is -0.600. The first-order valence-electron chi connectivity index (χ1n) is 10.5. The van der Waals surface area contributed by atoms with Crippen molar-refractivity contribution in [3.8, 4) is 0 Å². The summed E-state index contributed by atoms with van der Waals surface area (Å²) in [6, 6.07) is 2.98. The Kier molecular flexibility index (Phi) is 6.19.